The van der Waals surface area contributed by atoms with Gasteiger partial charge in [-0.15, -0.1) is 0 Å². The topological polar surface area (TPSA) is 55.1 Å². The number of nitrogens with one attached hydrogen (secondary N) is 1. The van der Waals surface area contributed by atoms with Gasteiger partial charge in [-0.25, -0.2) is 8.78 Å². The second-order valence-corrected chi connectivity index (χ2v) is 5.18. The molecule has 0 fully saturated rings. The molecule has 2 aromatic rings. The van der Waals surface area contributed by atoms with E-state index in [1.807, 2.05) is 13.0 Å². The number of hydrogen-bond acceptors (Lipinski definition) is 2. The van der Waals surface area contributed by atoms with Crippen molar-refractivity contribution in [3.8, 4) is 0 Å². The van der Waals surface area contributed by atoms with E-state index in [9.17, 15) is 13.6 Å². The third-order valence-electron chi connectivity index (χ3n) is 2.77. The Morgan fingerprint density at radius 3 is 2.50 bits per heavy atom. The molecule has 0 bridgehead atoms. The second-order valence-electron chi connectivity index (χ2n) is 4.27. The van der Waals surface area contributed by atoms with Crippen LogP contribution in [-0.2, 0) is 0 Å². The van der Waals surface area contributed by atoms with Crippen molar-refractivity contribution in [2.24, 2.45) is 0 Å². The third kappa shape index (κ3) is 2.96. The number of aryl methyl sites for hydroxylation is 1. The number of carbonyl (C=O) groups excluding carboxylic acids is 1. The van der Waals surface area contributed by atoms with Crippen molar-refractivity contribution in [2.45, 2.75) is 6.92 Å². The number of carbonyl (C=O) groups is 1. The first kappa shape index (κ1) is 14.5. The largest absolute Gasteiger partial charge is 0.398 e. The molecule has 0 saturated heterocycles. The van der Waals surface area contributed by atoms with Gasteiger partial charge in [0, 0.05) is 21.9 Å². The van der Waals surface area contributed by atoms with Crippen LogP contribution < -0.4 is 11.1 Å². The number of nitrogen functional groups attached to an aromatic ring is 1. The van der Waals surface area contributed by atoms with Gasteiger partial charge in [0.15, 0.2) is 11.6 Å². The minimum Gasteiger partial charge on any atom is -0.398 e. The Morgan fingerprint density at radius 1 is 1.20 bits per heavy atom. The van der Waals surface area contributed by atoms with Crippen LogP contribution in [-0.4, -0.2) is 5.91 Å². The molecule has 0 unspecified atom stereocenters. The van der Waals surface area contributed by atoms with Crippen LogP contribution in [0.2, 0.25) is 0 Å². The fourth-order valence-corrected chi connectivity index (χ4v) is 2.19. The van der Waals surface area contributed by atoms with E-state index in [1.165, 1.54) is 0 Å². The fraction of sp³-hybridized carbons (Fsp3) is 0.0714. The molecule has 0 radical (unpaired) electrons. The number of amides is 1. The van der Waals surface area contributed by atoms with Crippen LogP contribution in [0.1, 0.15) is 15.9 Å². The van der Waals surface area contributed by atoms with E-state index in [2.05, 4.69) is 21.2 Å². The fourth-order valence-electron chi connectivity index (χ4n) is 1.72. The lowest BCUT2D eigenvalue weighted by molar-refractivity contribution is 0.102. The Morgan fingerprint density at radius 2 is 1.85 bits per heavy atom. The van der Waals surface area contributed by atoms with E-state index in [4.69, 9.17) is 5.73 Å². The first-order valence-electron chi connectivity index (χ1n) is 5.70. The Hall–Kier alpha value is -1.95. The molecule has 0 aliphatic rings. The highest BCUT2D eigenvalue weighted by molar-refractivity contribution is 9.10. The molecule has 0 aliphatic carbocycles. The zero-order valence-corrected chi connectivity index (χ0v) is 12.1. The summed E-state index contributed by atoms with van der Waals surface area (Å²) < 4.78 is 27.0. The highest BCUT2D eigenvalue weighted by Gasteiger charge is 2.15. The van der Waals surface area contributed by atoms with Crippen LogP contribution in [0, 0.1) is 18.6 Å². The normalized spacial score (nSPS) is 10.4. The highest BCUT2D eigenvalue weighted by atomic mass is 79.9. The molecule has 2 rings (SSSR count). The van der Waals surface area contributed by atoms with Gasteiger partial charge in [0.1, 0.15) is 0 Å². The van der Waals surface area contributed by atoms with Crippen molar-refractivity contribution in [1.82, 2.24) is 0 Å². The van der Waals surface area contributed by atoms with E-state index in [0.29, 0.717) is 5.69 Å². The predicted octanol–water partition coefficient (Wildman–Crippen LogP) is 3.87. The zero-order valence-electron chi connectivity index (χ0n) is 10.5. The van der Waals surface area contributed by atoms with Gasteiger partial charge in [-0.1, -0.05) is 15.9 Å². The van der Waals surface area contributed by atoms with E-state index in [0.717, 1.165) is 22.2 Å². The quantitative estimate of drug-likeness (QED) is 0.815. The van der Waals surface area contributed by atoms with Gasteiger partial charge < -0.3 is 11.1 Å². The summed E-state index contributed by atoms with van der Waals surface area (Å²) in [6, 6.07) is 6.86. The molecule has 3 nitrogen and oxygen atoms in total. The minimum atomic E-state index is -1.11. The number of nitrogens with two attached hydrogens (primary N) is 1. The smallest absolute Gasteiger partial charge is 0.257 e. The zero-order chi connectivity index (χ0) is 14.9. The summed E-state index contributed by atoms with van der Waals surface area (Å²) in [7, 11) is 0. The summed E-state index contributed by atoms with van der Waals surface area (Å²) >= 11 is 3.31. The molecule has 104 valence electrons. The SMILES string of the molecule is Cc1cc(Br)ccc1NC(=O)c1cc(F)c(F)cc1N. The summed E-state index contributed by atoms with van der Waals surface area (Å²) in [5.41, 5.74) is 6.71. The molecule has 6 heteroatoms. The molecule has 0 aliphatic heterocycles. The third-order valence-corrected chi connectivity index (χ3v) is 3.27. The number of benzene rings is 2. The molecule has 0 saturated carbocycles. The van der Waals surface area contributed by atoms with Crippen LogP contribution in [0.4, 0.5) is 20.2 Å². The molecule has 1 amide bonds. The summed E-state index contributed by atoms with van der Waals surface area (Å²) in [5, 5.41) is 2.61. The lowest BCUT2D eigenvalue weighted by atomic mass is 10.1. The Balaban J connectivity index is 2.31. The standard InChI is InChI=1S/C14H11BrF2N2O/c1-7-4-8(15)2-3-13(7)19-14(20)9-5-10(16)11(17)6-12(9)18/h2-6H,18H2,1H3,(H,19,20). The average molecular weight is 341 g/mol. The van der Waals surface area contributed by atoms with Crippen molar-refractivity contribution in [3.05, 3.63) is 57.6 Å². The number of hydrogen-bond donors (Lipinski definition) is 2. The molecule has 20 heavy (non-hydrogen) atoms. The second kappa shape index (κ2) is 5.58. The van der Waals surface area contributed by atoms with E-state index < -0.39 is 17.5 Å². The van der Waals surface area contributed by atoms with Gasteiger partial charge in [-0.05, 0) is 36.8 Å². The monoisotopic (exact) mass is 340 g/mol. The predicted molar refractivity (Wildman–Crippen MR) is 77.6 cm³/mol. The molecule has 2 aromatic carbocycles. The summed E-state index contributed by atoms with van der Waals surface area (Å²) in [6.45, 7) is 1.81. The number of anilines is 2. The first-order chi connectivity index (χ1) is 9.38. The van der Waals surface area contributed by atoms with Crippen LogP contribution in [0.25, 0.3) is 0 Å². The van der Waals surface area contributed by atoms with Crippen LogP contribution in [0.15, 0.2) is 34.8 Å². The number of rotatable bonds is 2. The molecule has 0 heterocycles. The van der Waals surface area contributed by atoms with Crippen molar-refractivity contribution in [2.75, 3.05) is 11.1 Å². The lowest BCUT2D eigenvalue weighted by Gasteiger charge is -2.10. The molecule has 0 atom stereocenters. The summed E-state index contributed by atoms with van der Waals surface area (Å²) in [6.07, 6.45) is 0. The van der Waals surface area contributed by atoms with Crippen molar-refractivity contribution in [1.29, 1.82) is 0 Å². The van der Waals surface area contributed by atoms with Crippen molar-refractivity contribution >= 4 is 33.2 Å². The van der Waals surface area contributed by atoms with Gasteiger partial charge in [0.05, 0.1) is 5.56 Å². The van der Waals surface area contributed by atoms with Crippen LogP contribution >= 0.6 is 15.9 Å². The maximum atomic E-state index is 13.2. The molecule has 0 spiro atoms. The van der Waals surface area contributed by atoms with Gasteiger partial charge in [0.2, 0.25) is 0 Å². The maximum Gasteiger partial charge on any atom is 0.257 e. The molecule has 3 N–H and O–H groups in total. The molecular weight excluding hydrogens is 330 g/mol. The van der Waals surface area contributed by atoms with Gasteiger partial charge >= 0.3 is 0 Å². The van der Waals surface area contributed by atoms with E-state index in [1.54, 1.807) is 12.1 Å². The maximum absolute atomic E-state index is 13.2. The lowest BCUT2D eigenvalue weighted by Crippen LogP contribution is -2.15. The minimum absolute atomic E-state index is 0.105. The van der Waals surface area contributed by atoms with Gasteiger partial charge in [0.25, 0.3) is 5.91 Å². The van der Waals surface area contributed by atoms with Crippen molar-refractivity contribution < 1.29 is 13.6 Å². The summed E-state index contributed by atoms with van der Waals surface area (Å²) in [5.74, 6) is -2.79. The molecule has 0 aromatic heterocycles. The Kier molecular flexibility index (Phi) is 4.04. The van der Waals surface area contributed by atoms with Crippen molar-refractivity contribution in [3.63, 3.8) is 0 Å². The van der Waals surface area contributed by atoms with Gasteiger partial charge in [-0.2, -0.15) is 0 Å². The average Bonchev–Trinajstić information content (AvgIpc) is 2.37. The Bertz CT molecular complexity index is 689. The number of halogens is 3. The highest BCUT2D eigenvalue weighted by Crippen LogP contribution is 2.22. The van der Waals surface area contributed by atoms with E-state index >= 15 is 0 Å². The van der Waals surface area contributed by atoms with Crippen LogP contribution in [0.5, 0.6) is 0 Å². The molecular formula is C14H11BrF2N2O. The summed E-state index contributed by atoms with van der Waals surface area (Å²) in [4.78, 5) is 12.0. The van der Waals surface area contributed by atoms with E-state index in [-0.39, 0.29) is 11.3 Å². The van der Waals surface area contributed by atoms with Gasteiger partial charge in [-0.3, -0.25) is 4.79 Å². The Labute approximate surface area is 122 Å². The first-order valence-corrected chi connectivity index (χ1v) is 6.50. The van der Waals surface area contributed by atoms with Crippen LogP contribution in [0.3, 0.4) is 0 Å².